The number of carbonyl (C=O) groups is 1. The molecule has 2 aliphatic rings. The molecule has 1 aliphatic heterocycles. The average Bonchev–Trinajstić information content (AvgIpc) is 2.58. The van der Waals surface area contributed by atoms with Crippen molar-refractivity contribution in [3.63, 3.8) is 0 Å². The number of anilines is 1. The van der Waals surface area contributed by atoms with Crippen LogP contribution in [0.1, 0.15) is 45.4 Å². The van der Waals surface area contributed by atoms with Gasteiger partial charge in [-0.3, -0.25) is 4.79 Å². The lowest BCUT2D eigenvalue weighted by Gasteiger charge is -2.49. The van der Waals surface area contributed by atoms with Crippen LogP contribution in [0.3, 0.4) is 0 Å². The van der Waals surface area contributed by atoms with Gasteiger partial charge in [0.2, 0.25) is 0 Å². The van der Waals surface area contributed by atoms with E-state index in [4.69, 9.17) is 16.7 Å². The number of hydrogen-bond donors (Lipinski definition) is 1. The number of halogens is 4. The van der Waals surface area contributed by atoms with Crippen LogP contribution in [0.4, 0.5) is 18.9 Å². The summed E-state index contributed by atoms with van der Waals surface area (Å²) < 4.78 is 42.4. The molecule has 28 heavy (non-hydrogen) atoms. The standard InChI is InChI=1S/C20H25ClF3NO3/c1-13-12-19(6-5-14(13)11-17(26)27)7-9-25(10-8-19)18-15(21)3-2-4-16(18)28-20(22,23)24/h2-4,13-14H,5-12H2,1H3,(H,26,27). The molecule has 1 aromatic carbocycles. The normalized spacial score (nSPS) is 25.0. The molecule has 2 unspecified atom stereocenters. The Morgan fingerprint density at radius 2 is 2.00 bits per heavy atom. The van der Waals surface area contributed by atoms with E-state index in [2.05, 4.69) is 11.7 Å². The number of piperidine rings is 1. The van der Waals surface area contributed by atoms with E-state index in [1.54, 1.807) is 6.07 Å². The van der Waals surface area contributed by atoms with Crippen LogP contribution in [-0.2, 0) is 4.79 Å². The SMILES string of the molecule is CC1CC2(CCC1CC(=O)O)CCN(c1c(Cl)cccc1OC(F)(F)F)CC2. The van der Waals surface area contributed by atoms with E-state index in [9.17, 15) is 18.0 Å². The molecule has 1 saturated carbocycles. The van der Waals surface area contributed by atoms with E-state index in [0.717, 1.165) is 32.1 Å². The number of carboxylic acid groups (broad SMARTS) is 1. The lowest BCUT2D eigenvalue weighted by molar-refractivity contribution is -0.274. The molecular formula is C20H25ClF3NO3. The molecule has 2 atom stereocenters. The molecule has 1 N–H and O–H groups in total. The monoisotopic (exact) mass is 419 g/mol. The Hall–Kier alpha value is -1.63. The van der Waals surface area contributed by atoms with Crippen molar-refractivity contribution in [3.05, 3.63) is 23.2 Å². The fraction of sp³-hybridized carbons (Fsp3) is 0.650. The molecule has 8 heteroatoms. The number of nitrogens with zero attached hydrogens (tertiary/aromatic N) is 1. The van der Waals surface area contributed by atoms with Crippen LogP contribution >= 0.6 is 11.6 Å². The highest BCUT2D eigenvalue weighted by atomic mass is 35.5. The minimum Gasteiger partial charge on any atom is -0.481 e. The summed E-state index contributed by atoms with van der Waals surface area (Å²) in [5.74, 6) is -0.481. The predicted molar refractivity (Wildman–Crippen MR) is 101 cm³/mol. The summed E-state index contributed by atoms with van der Waals surface area (Å²) >= 11 is 6.21. The number of hydrogen-bond acceptors (Lipinski definition) is 3. The van der Waals surface area contributed by atoms with Crippen LogP contribution < -0.4 is 9.64 Å². The number of carboxylic acids is 1. The second kappa shape index (κ2) is 8.01. The highest BCUT2D eigenvalue weighted by Crippen LogP contribution is 2.51. The Morgan fingerprint density at radius 3 is 2.57 bits per heavy atom. The Balaban J connectivity index is 1.69. The summed E-state index contributed by atoms with van der Waals surface area (Å²) in [6.07, 6.45) is -0.0239. The van der Waals surface area contributed by atoms with E-state index < -0.39 is 12.3 Å². The Morgan fingerprint density at radius 1 is 1.32 bits per heavy atom. The average molecular weight is 420 g/mol. The van der Waals surface area contributed by atoms with Gasteiger partial charge in [-0.25, -0.2) is 0 Å². The molecule has 2 fully saturated rings. The number of alkyl halides is 3. The van der Waals surface area contributed by atoms with Gasteiger partial charge in [0.15, 0.2) is 5.75 Å². The first-order chi connectivity index (χ1) is 13.1. The largest absolute Gasteiger partial charge is 0.573 e. The molecular weight excluding hydrogens is 395 g/mol. The van der Waals surface area contributed by atoms with Gasteiger partial charge < -0.3 is 14.7 Å². The van der Waals surface area contributed by atoms with Gasteiger partial charge in [-0.05, 0) is 61.5 Å². The zero-order chi connectivity index (χ0) is 20.5. The Kier molecular flexibility index (Phi) is 6.03. The molecule has 1 aliphatic carbocycles. The second-order valence-electron chi connectivity index (χ2n) is 8.20. The van der Waals surface area contributed by atoms with Crippen LogP contribution in [0, 0.1) is 17.3 Å². The summed E-state index contributed by atoms with van der Waals surface area (Å²) in [6, 6.07) is 4.31. The third-order valence-electron chi connectivity index (χ3n) is 6.36. The molecule has 156 valence electrons. The number of aliphatic carboxylic acids is 1. The van der Waals surface area contributed by atoms with E-state index in [1.165, 1.54) is 12.1 Å². The van der Waals surface area contributed by atoms with E-state index in [0.29, 0.717) is 24.7 Å². The van der Waals surface area contributed by atoms with Crippen LogP contribution in [0.5, 0.6) is 5.75 Å². The molecule has 3 rings (SSSR count). The van der Waals surface area contributed by atoms with Gasteiger partial charge in [0.1, 0.15) is 0 Å². The minimum atomic E-state index is -4.77. The second-order valence-corrected chi connectivity index (χ2v) is 8.61. The van der Waals surface area contributed by atoms with Gasteiger partial charge in [-0.2, -0.15) is 0 Å². The van der Waals surface area contributed by atoms with Crippen LogP contribution in [0.25, 0.3) is 0 Å². The maximum Gasteiger partial charge on any atom is 0.573 e. The summed E-state index contributed by atoms with van der Waals surface area (Å²) in [4.78, 5) is 12.9. The lowest BCUT2D eigenvalue weighted by atomic mass is 9.61. The summed E-state index contributed by atoms with van der Waals surface area (Å²) in [5, 5.41) is 9.31. The maximum absolute atomic E-state index is 12.8. The predicted octanol–water partition coefficient (Wildman–Crippen LogP) is 5.74. The molecule has 1 saturated heterocycles. The molecule has 0 amide bonds. The summed E-state index contributed by atoms with van der Waals surface area (Å²) in [5.41, 5.74) is 0.431. The van der Waals surface area contributed by atoms with Crippen LogP contribution in [-0.4, -0.2) is 30.5 Å². The Bertz CT molecular complexity index is 717. The van der Waals surface area contributed by atoms with Crippen molar-refractivity contribution in [2.45, 2.75) is 51.8 Å². The third-order valence-corrected chi connectivity index (χ3v) is 6.66. The number of para-hydroxylation sites is 1. The zero-order valence-corrected chi connectivity index (χ0v) is 16.5. The molecule has 1 aromatic rings. The maximum atomic E-state index is 12.8. The fourth-order valence-corrected chi connectivity index (χ4v) is 5.21. The number of benzene rings is 1. The highest BCUT2D eigenvalue weighted by Gasteiger charge is 2.42. The van der Waals surface area contributed by atoms with Gasteiger partial charge in [0.05, 0.1) is 10.7 Å². The zero-order valence-electron chi connectivity index (χ0n) is 15.8. The number of rotatable bonds is 4. The highest BCUT2D eigenvalue weighted by molar-refractivity contribution is 6.33. The molecule has 0 aromatic heterocycles. The smallest absolute Gasteiger partial charge is 0.481 e. The molecule has 0 bridgehead atoms. The van der Waals surface area contributed by atoms with Crippen LogP contribution in [0.15, 0.2) is 18.2 Å². The van der Waals surface area contributed by atoms with Crippen molar-refractivity contribution < 1.29 is 27.8 Å². The Labute approximate surface area is 167 Å². The first-order valence-corrected chi connectivity index (χ1v) is 9.97. The molecule has 0 radical (unpaired) electrons. The number of ether oxygens (including phenoxy) is 1. The van der Waals surface area contributed by atoms with E-state index >= 15 is 0 Å². The van der Waals surface area contributed by atoms with Crippen molar-refractivity contribution in [2.24, 2.45) is 17.3 Å². The first kappa shape index (κ1) is 21.1. The summed E-state index contributed by atoms with van der Waals surface area (Å²) in [7, 11) is 0. The van der Waals surface area contributed by atoms with Gasteiger partial charge in [0, 0.05) is 19.5 Å². The van der Waals surface area contributed by atoms with E-state index in [-0.39, 0.29) is 28.5 Å². The quantitative estimate of drug-likeness (QED) is 0.676. The van der Waals surface area contributed by atoms with Gasteiger partial charge in [0.25, 0.3) is 0 Å². The summed E-state index contributed by atoms with van der Waals surface area (Å²) in [6.45, 7) is 3.33. The van der Waals surface area contributed by atoms with Gasteiger partial charge >= 0.3 is 12.3 Å². The molecule has 1 spiro atoms. The van der Waals surface area contributed by atoms with Crippen molar-refractivity contribution >= 4 is 23.3 Å². The first-order valence-electron chi connectivity index (χ1n) is 9.60. The third kappa shape index (κ3) is 4.85. The van der Waals surface area contributed by atoms with Crippen molar-refractivity contribution in [3.8, 4) is 5.75 Å². The van der Waals surface area contributed by atoms with Gasteiger partial charge in [-0.1, -0.05) is 24.6 Å². The lowest BCUT2D eigenvalue weighted by Crippen LogP contribution is -2.44. The van der Waals surface area contributed by atoms with Crippen molar-refractivity contribution in [2.75, 3.05) is 18.0 Å². The van der Waals surface area contributed by atoms with Crippen LogP contribution in [0.2, 0.25) is 5.02 Å². The van der Waals surface area contributed by atoms with E-state index in [1.807, 2.05) is 4.90 Å². The molecule has 1 heterocycles. The van der Waals surface area contributed by atoms with Crippen molar-refractivity contribution in [1.29, 1.82) is 0 Å². The topological polar surface area (TPSA) is 49.8 Å². The molecule has 4 nitrogen and oxygen atoms in total. The fourth-order valence-electron chi connectivity index (χ4n) is 4.92. The minimum absolute atomic E-state index is 0.136. The van der Waals surface area contributed by atoms with Gasteiger partial charge in [-0.15, -0.1) is 13.2 Å². The van der Waals surface area contributed by atoms with Crippen molar-refractivity contribution in [1.82, 2.24) is 0 Å².